The molecular formula is C35H48N2O4. The molecule has 6 heteroatoms. The van der Waals surface area contributed by atoms with E-state index in [0.29, 0.717) is 22.3 Å². The summed E-state index contributed by atoms with van der Waals surface area (Å²) in [5, 5.41) is 0. The number of carbonyl (C=O) groups is 4. The van der Waals surface area contributed by atoms with Gasteiger partial charge in [-0.3, -0.25) is 29.0 Å². The molecule has 2 heterocycles. The van der Waals surface area contributed by atoms with E-state index in [0.717, 1.165) is 32.1 Å². The van der Waals surface area contributed by atoms with Crippen molar-refractivity contribution in [1.82, 2.24) is 9.80 Å². The molecule has 0 radical (unpaired) electrons. The molecule has 3 aromatic rings. The van der Waals surface area contributed by atoms with Crippen molar-refractivity contribution in [2.45, 2.75) is 75.7 Å². The Balaban J connectivity index is 0.000000894. The minimum atomic E-state index is -0.337. The van der Waals surface area contributed by atoms with Crippen LogP contribution in [-0.2, 0) is 0 Å². The van der Waals surface area contributed by atoms with Crippen molar-refractivity contribution >= 4 is 23.6 Å². The third-order valence-corrected chi connectivity index (χ3v) is 5.83. The van der Waals surface area contributed by atoms with E-state index in [4.69, 9.17) is 0 Å². The van der Waals surface area contributed by atoms with E-state index in [2.05, 4.69) is 13.8 Å². The Morgan fingerprint density at radius 1 is 0.439 bits per heavy atom. The third-order valence-electron chi connectivity index (χ3n) is 5.83. The smallest absolute Gasteiger partial charge is 0.261 e. The van der Waals surface area contributed by atoms with E-state index in [9.17, 15) is 19.2 Å². The van der Waals surface area contributed by atoms with Crippen LogP contribution in [0.4, 0.5) is 0 Å². The molecule has 0 unspecified atom stereocenters. The van der Waals surface area contributed by atoms with Gasteiger partial charge in [-0.1, -0.05) is 98.2 Å². The lowest BCUT2D eigenvalue weighted by atomic mass is 9.90. The Kier molecular flexibility index (Phi) is 16.5. The van der Waals surface area contributed by atoms with Gasteiger partial charge in [-0.15, -0.1) is 0 Å². The number of imide groups is 2. The fourth-order valence-electron chi connectivity index (χ4n) is 4.00. The molecule has 0 fully saturated rings. The second-order valence-corrected chi connectivity index (χ2v) is 8.63. The molecule has 4 amide bonds. The van der Waals surface area contributed by atoms with Gasteiger partial charge in [0.25, 0.3) is 23.6 Å². The topological polar surface area (TPSA) is 74.8 Å². The molecular weight excluding hydrogens is 512 g/mol. The summed E-state index contributed by atoms with van der Waals surface area (Å²) >= 11 is 0. The summed E-state index contributed by atoms with van der Waals surface area (Å²) in [6, 6.07) is 18.8. The Labute approximate surface area is 247 Å². The van der Waals surface area contributed by atoms with Crippen LogP contribution in [0.1, 0.15) is 114 Å². The monoisotopic (exact) mass is 560 g/mol. The standard InChI is InChI=1S/C20H16N2O4.C6H6.C3H8.3C2H6/c1-9-5-13-15(19(25)21(3)17(13)23)7-11(9)12-8-16-14(6-10(12)2)18(24)22(4)20(16)26;1-2-4-6-5-3-1;1-3-2;3*1-2/h5-8H,1-4H3;1-6H;3H2,1-2H3;3*1-2H3. The molecule has 0 N–H and O–H groups in total. The van der Waals surface area contributed by atoms with E-state index in [-0.39, 0.29) is 23.6 Å². The van der Waals surface area contributed by atoms with Crippen molar-refractivity contribution in [3.8, 4) is 11.1 Å². The number of hydrogen-bond donors (Lipinski definition) is 0. The molecule has 0 aliphatic carbocycles. The molecule has 6 nitrogen and oxygen atoms in total. The van der Waals surface area contributed by atoms with Gasteiger partial charge in [0.1, 0.15) is 0 Å². The number of amides is 4. The van der Waals surface area contributed by atoms with Gasteiger partial charge < -0.3 is 0 Å². The maximum atomic E-state index is 12.3. The molecule has 0 saturated heterocycles. The minimum Gasteiger partial charge on any atom is -0.277 e. The predicted molar refractivity (Wildman–Crippen MR) is 171 cm³/mol. The van der Waals surface area contributed by atoms with Crippen LogP contribution < -0.4 is 0 Å². The summed E-state index contributed by atoms with van der Waals surface area (Å²) in [4.78, 5) is 51.1. The molecule has 0 bridgehead atoms. The number of carbonyl (C=O) groups excluding carboxylic acids is 4. The molecule has 0 aromatic heterocycles. The summed E-state index contributed by atoms with van der Waals surface area (Å²) in [5.41, 5.74) is 4.70. The summed E-state index contributed by atoms with van der Waals surface area (Å²) in [7, 11) is 2.92. The number of hydrogen-bond acceptors (Lipinski definition) is 4. The molecule has 0 spiro atoms. The Bertz CT molecular complexity index is 1200. The Morgan fingerprint density at radius 2 is 0.634 bits per heavy atom. The normalized spacial score (nSPS) is 12.1. The molecule has 2 aliphatic heterocycles. The second-order valence-electron chi connectivity index (χ2n) is 8.63. The highest BCUT2D eigenvalue weighted by Gasteiger charge is 2.35. The van der Waals surface area contributed by atoms with Crippen LogP contribution in [-0.4, -0.2) is 47.5 Å². The van der Waals surface area contributed by atoms with Crippen LogP contribution in [0.25, 0.3) is 11.1 Å². The summed E-state index contributed by atoms with van der Waals surface area (Å²) in [6.45, 7) is 20.0. The zero-order valence-electron chi connectivity index (χ0n) is 27.0. The number of nitrogens with zero attached hydrogens (tertiary/aromatic N) is 2. The van der Waals surface area contributed by atoms with Gasteiger partial charge in [0.05, 0.1) is 22.3 Å². The minimum absolute atomic E-state index is 0.312. The van der Waals surface area contributed by atoms with Gasteiger partial charge in [0.15, 0.2) is 0 Å². The summed E-state index contributed by atoms with van der Waals surface area (Å²) in [5.74, 6) is -1.30. The number of rotatable bonds is 1. The van der Waals surface area contributed by atoms with Crippen molar-refractivity contribution in [3.63, 3.8) is 0 Å². The van der Waals surface area contributed by atoms with Gasteiger partial charge in [-0.2, -0.15) is 0 Å². The van der Waals surface area contributed by atoms with Crippen molar-refractivity contribution < 1.29 is 19.2 Å². The van der Waals surface area contributed by atoms with Crippen molar-refractivity contribution in [2.75, 3.05) is 14.1 Å². The quantitative estimate of drug-likeness (QED) is 0.279. The van der Waals surface area contributed by atoms with Gasteiger partial charge >= 0.3 is 0 Å². The van der Waals surface area contributed by atoms with Crippen LogP contribution in [0.3, 0.4) is 0 Å². The van der Waals surface area contributed by atoms with E-state index in [1.54, 1.807) is 24.3 Å². The highest BCUT2D eigenvalue weighted by Crippen LogP contribution is 2.35. The maximum absolute atomic E-state index is 12.3. The zero-order chi connectivity index (χ0) is 31.9. The van der Waals surface area contributed by atoms with Crippen LogP contribution in [0.5, 0.6) is 0 Å². The zero-order valence-corrected chi connectivity index (χ0v) is 27.0. The van der Waals surface area contributed by atoms with E-state index in [1.807, 2.05) is 91.8 Å². The molecule has 41 heavy (non-hydrogen) atoms. The van der Waals surface area contributed by atoms with E-state index in [1.165, 1.54) is 20.5 Å². The number of benzene rings is 3. The first-order valence-corrected chi connectivity index (χ1v) is 14.6. The molecule has 5 rings (SSSR count). The summed E-state index contributed by atoms with van der Waals surface area (Å²) < 4.78 is 0. The van der Waals surface area contributed by atoms with Gasteiger partial charge in [-0.25, -0.2) is 0 Å². The highest BCUT2D eigenvalue weighted by atomic mass is 16.2. The lowest BCUT2D eigenvalue weighted by molar-refractivity contribution is 0.0677. The predicted octanol–water partition coefficient (Wildman–Crippen LogP) is 8.60. The lowest BCUT2D eigenvalue weighted by Crippen LogP contribution is -2.24. The fourth-order valence-corrected chi connectivity index (χ4v) is 4.00. The first kappa shape index (κ1) is 36.9. The molecule has 0 atom stereocenters. The average molecular weight is 561 g/mol. The van der Waals surface area contributed by atoms with Gasteiger partial charge in [0, 0.05) is 14.1 Å². The number of fused-ring (bicyclic) bond motifs is 2. The van der Waals surface area contributed by atoms with Crippen molar-refractivity contribution in [3.05, 3.63) is 94.0 Å². The van der Waals surface area contributed by atoms with Crippen LogP contribution in [0.15, 0.2) is 60.7 Å². The SMILES string of the molecule is CC.CC.CC.CCC.Cc1cc2c(cc1-c1cc3c(cc1C)C(=O)N(C)C3=O)C(=O)N(C)C2=O.c1ccccc1. The van der Waals surface area contributed by atoms with E-state index >= 15 is 0 Å². The molecule has 0 saturated carbocycles. The largest absolute Gasteiger partial charge is 0.277 e. The average Bonchev–Trinajstić information content (AvgIpc) is 3.35. The van der Waals surface area contributed by atoms with Crippen LogP contribution in [0.2, 0.25) is 0 Å². The van der Waals surface area contributed by atoms with E-state index < -0.39 is 0 Å². The second kappa shape index (κ2) is 18.3. The van der Waals surface area contributed by atoms with Crippen molar-refractivity contribution in [1.29, 1.82) is 0 Å². The molecule has 222 valence electrons. The van der Waals surface area contributed by atoms with Gasteiger partial charge in [-0.05, 0) is 60.4 Å². The van der Waals surface area contributed by atoms with Crippen LogP contribution in [0, 0.1) is 13.8 Å². The Hall–Kier alpha value is -4.06. The summed E-state index contributed by atoms with van der Waals surface area (Å²) in [6.07, 6.45) is 1.25. The molecule has 3 aromatic carbocycles. The van der Waals surface area contributed by atoms with Crippen molar-refractivity contribution in [2.24, 2.45) is 0 Å². The highest BCUT2D eigenvalue weighted by molar-refractivity contribution is 6.23. The fraction of sp³-hybridized carbons (Fsp3) is 0.371. The lowest BCUT2D eigenvalue weighted by Gasteiger charge is -2.12. The molecule has 2 aliphatic rings. The maximum Gasteiger partial charge on any atom is 0.261 e. The number of aryl methyl sites for hydroxylation is 2. The Morgan fingerprint density at radius 3 is 0.854 bits per heavy atom. The third kappa shape index (κ3) is 8.46. The van der Waals surface area contributed by atoms with Crippen LogP contribution >= 0.6 is 0 Å². The first-order chi connectivity index (χ1) is 19.6. The first-order valence-electron chi connectivity index (χ1n) is 14.6. The van der Waals surface area contributed by atoms with Gasteiger partial charge in [0.2, 0.25) is 0 Å².